The van der Waals surface area contributed by atoms with E-state index in [4.69, 9.17) is 34.0 Å². The van der Waals surface area contributed by atoms with E-state index in [1.54, 1.807) is 13.2 Å². The number of benzene rings is 6. The normalized spacial score (nSPS) is 14.2. The maximum atomic E-state index is 16.9. The Morgan fingerprint density at radius 1 is 0.746 bits per heavy atom. The number of hydrogen-bond donors (Lipinski definition) is 0. The molecule has 0 amide bonds. The van der Waals surface area contributed by atoms with Gasteiger partial charge >= 0.3 is 6.01 Å². The van der Waals surface area contributed by atoms with Gasteiger partial charge in [0.1, 0.15) is 35.2 Å². The van der Waals surface area contributed by atoms with Gasteiger partial charge in [0.05, 0.1) is 17.0 Å². The van der Waals surface area contributed by atoms with Gasteiger partial charge in [0.25, 0.3) is 0 Å². The minimum absolute atomic E-state index is 0.125. The summed E-state index contributed by atoms with van der Waals surface area (Å²) in [5, 5.41) is 6.84. The Kier molecular flexibility index (Phi) is 11.2. The average molecular weight is 841 g/mol. The number of halogens is 1. The van der Waals surface area contributed by atoms with E-state index in [9.17, 15) is 0 Å². The van der Waals surface area contributed by atoms with Crippen molar-refractivity contribution < 1.29 is 23.3 Å². The van der Waals surface area contributed by atoms with Gasteiger partial charge < -0.3 is 18.9 Å². The molecule has 1 fully saturated rings. The number of aromatic nitrogens is 4. The second kappa shape index (κ2) is 16.9. The summed E-state index contributed by atoms with van der Waals surface area (Å²) < 4.78 is 44.6. The lowest BCUT2D eigenvalue weighted by atomic mass is 9.77. The van der Waals surface area contributed by atoms with E-state index in [0.717, 1.165) is 51.6 Å². The lowest BCUT2D eigenvalue weighted by Crippen LogP contribution is -2.38. The topological polar surface area (TPSA) is 80.5 Å². The van der Waals surface area contributed by atoms with Crippen LogP contribution in [0.2, 0.25) is 0 Å². The largest absolute Gasteiger partial charge is 0.483 e. The van der Waals surface area contributed by atoms with Crippen molar-refractivity contribution in [2.75, 3.05) is 13.7 Å². The van der Waals surface area contributed by atoms with Crippen molar-refractivity contribution in [3.63, 3.8) is 0 Å². The smallest absolute Gasteiger partial charge is 0.320 e. The van der Waals surface area contributed by atoms with Crippen LogP contribution in [0.25, 0.3) is 32.9 Å². The third-order valence-corrected chi connectivity index (χ3v) is 11.9. The summed E-state index contributed by atoms with van der Waals surface area (Å²) in [4.78, 5) is 9.97. The molecule has 0 unspecified atom stereocenters. The number of rotatable bonds is 14. The molecule has 0 radical (unpaired) electrons. The van der Waals surface area contributed by atoms with E-state index in [-0.39, 0.29) is 30.5 Å². The van der Waals surface area contributed by atoms with E-state index in [1.807, 2.05) is 94.8 Å². The number of nitrogens with zero attached hydrogens (tertiary/aromatic N) is 4. The first-order chi connectivity index (χ1) is 30.5. The van der Waals surface area contributed by atoms with Crippen molar-refractivity contribution in [3.8, 4) is 28.8 Å². The molecule has 6 aromatic carbocycles. The zero-order chi connectivity index (χ0) is 43.9. The molecule has 63 heavy (non-hydrogen) atoms. The molecule has 1 saturated carbocycles. The van der Waals surface area contributed by atoms with Gasteiger partial charge in [-0.15, -0.1) is 0 Å². The summed E-state index contributed by atoms with van der Waals surface area (Å²) in [6.07, 6.45) is 3.39. The minimum atomic E-state index is -0.924. The summed E-state index contributed by atoms with van der Waals surface area (Å²) in [6, 6.07) is 45.1. The Morgan fingerprint density at radius 2 is 1.32 bits per heavy atom. The molecule has 2 atom stereocenters. The second-order valence-corrected chi connectivity index (χ2v) is 17.6. The predicted molar refractivity (Wildman–Crippen MR) is 247 cm³/mol. The van der Waals surface area contributed by atoms with Gasteiger partial charge in [-0.25, -0.2) is 4.39 Å². The SMILES string of the molecule is CO[C@@H](C)COc1nc(OC(C)(C)C)c2cc(C3CC3)c(-c3c(C)c(F)cc4nn(C(c5ccccc5)(c5ccccc5)c5ccccc5)cc34)c(O[C@@H](C)c3ccccc3)c2n1. The fraction of sp³-hybridized carbons (Fsp3) is 0.278. The summed E-state index contributed by atoms with van der Waals surface area (Å²) in [7, 11) is 1.64. The molecule has 8 nitrogen and oxygen atoms in total. The summed E-state index contributed by atoms with van der Waals surface area (Å²) >= 11 is 0. The van der Waals surface area contributed by atoms with Gasteiger partial charge in [0, 0.05) is 35.9 Å². The maximum Gasteiger partial charge on any atom is 0.320 e. The van der Waals surface area contributed by atoms with Gasteiger partial charge in [-0.3, -0.25) is 4.68 Å². The summed E-state index contributed by atoms with van der Waals surface area (Å²) in [5.74, 6) is 0.697. The van der Waals surface area contributed by atoms with E-state index < -0.39 is 17.2 Å². The van der Waals surface area contributed by atoms with Gasteiger partial charge in [-0.1, -0.05) is 121 Å². The van der Waals surface area contributed by atoms with Crippen LogP contribution in [0.3, 0.4) is 0 Å². The van der Waals surface area contributed by atoms with Crippen LogP contribution in [-0.2, 0) is 10.3 Å². The van der Waals surface area contributed by atoms with Crippen molar-refractivity contribution in [3.05, 3.63) is 179 Å². The van der Waals surface area contributed by atoms with Crippen LogP contribution < -0.4 is 14.2 Å². The highest BCUT2D eigenvalue weighted by Crippen LogP contribution is 2.54. The molecule has 0 bridgehead atoms. The quantitative estimate of drug-likeness (QED) is 0.101. The van der Waals surface area contributed by atoms with E-state index in [0.29, 0.717) is 39.2 Å². The highest BCUT2D eigenvalue weighted by Gasteiger charge is 2.41. The van der Waals surface area contributed by atoms with Crippen LogP contribution in [-0.4, -0.2) is 45.2 Å². The van der Waals surface area contributed by atoms with Crippen molar-refractivity contribution in [1.82, 2.24) is 19.7 Å². The number of ether oxygens (including phenoxy) is 4. The first-order valence-electron chi connectivity index (χ1n) is 21.8. The van der Waals surface area contributed by atoms with Crippen LogP contribution in [0.1, 0.15) is 92.9 Å². The van der Waals surface area contributed by atoms with Gasteiger partial charge in [0.15, 0.2) is 5.75 Å². The first kappa shape index (κ1) is 41.8. The predicted octanol–water partition coefficient (Wildman–Crippen LogP) is 12.5. The summed E-state index contributed by atoms with van der Waals surface area (Å²) in [6.45, 7) is 12.0. The summed E-state index contributed by atoms with van der Waals surface area (Å²) in [5.41, 5.74) is 6.48. The number of fused-ring (bicyclic) bond motifs is 2. The van der Waals surface area contributed by atoms with Crippen LogP contribution in [0, 0.1) is 12.7 Å². The Labute approximate surface area is 368 Å². The van der Waals surface area contributed by atoms with Gasteiger partial charge in [0.2, 0.25) is 5.88 Å². The second-order valence-electron chi connectivity index (χ2n) is 17.6. The molecule has 1 aliphatic carbocycles. The average Bonchev–Trinajstić information content (AvgIpc) is 4.06. The Morgan fingerprint density at radius 3 is 1.86 bits per heavy atom. The molecule has 0 spiro atoms. The fourth-order valence-electron chi connectivity index (χ4n) is 8.62. The molecule has 1 aliphatic rings. The zero-order valence-electron chi connectivity index (χ0n) is 36.9. The molecule has 2 aromatic heterocycles. The van der Waals surface area contributed by atoms with E-state index in [1.165, 1.54) is 0 Å². The van der Waals surface area contributed by atoms with E-state index >= 15 is 4.39 Å². The molecule has 320 valence electrons. The Balaban J connectivity index is 1.39. The van der Waals surface area contributed by atoms with Crippen LogP contribution in [0.4, 0.5) is 4.39 Å². The monoisotopic (exact) mass is 840 g/mol. The van der Waals surface area contributed by atoms with Crippen LogP contribution >= 0.6 is 0 Å². The van der Waals surface area contributed by atoms with Gasteiger partial charge in [-0.05, 0) is 99.7 Å². The molecule has 0 N–H and O–H groups in total. The minimum Gasteiger partial charge on any atom is -0.483 e. The lowest BCUT2D eigenvalue weighted by molar-refractivity contribution is 0.0668. The van der Waals surface area contributed by atoms with Crippen LogP contribution in [0.5, 0.6) is 17.6 Å². The number of methoxy groups -OCH3 is 1. The van der Waals surface area contributed by atoms with Crippen LogP contribution in [0.15, 0.2) is 140 Å². The van der Waals surface area contributed by atoms with Crippen molar-refractivity contribution in [2.45, 2.75) is 83.6 Å². The van der Waals surface area contributed by atoms with Crippen molar-refractivity contribution in [2.24, 2.45) is 0 Å². The molecule has 0 saturated heterocycles. The van der Waals surface area contributed by atoms with Gasteiger partial charge in [-0.2, -0.15) is 15.1 Å². The molecule has 0 aliphatic heterocycles. The van der Waals surface area contributed by atoms with Crippen molar-refractivity contribution >= 4 is 21.8 Å². The fourth-order valence-corrected chi connectivity index (χ4v) is 8.62. The third-order valence-electron chi connectivity index (χ3n) is 11.9. The van der Waals surface area contributed by atoms with Crippen molar-refractivity contribution in [1.29, 1.82) is 0 Å². The molecule has 9 heteroatoms. The van der Waals surface area contributed by atoms with E-state index in [2.05, 4.69) is 85.1 Å². The zero-order valence-corrected chi connectivity index (χ0v) is 36.9. The molecule has 9 rings (SSSR count). The Bertz CT molecular complexity index is 2780. The third kappa shape index (κ3) is 8.02. The molecular formula is C54H53FN4O4. The molecular weight excluding hydrogens is 788 g/mol. The highest BCUT2D eigenvalue weighted by molar-refractivity contribution is 6.05. The maximum absolute atomic E-state index is 16.9. The standard InChI is InChI=1S/C54H53FN4O4/c1-34(60-7)33-61-52-56-49-43(51(57-52)63-53(4,5)6)30-42(38-28-29-38)48(50(49)62-36(3)37-20-12-8-13-21-37)47-35(2)45(55)31-46-44(47)32-59(58-46)54(39-22-14-9-15-23-39,40-24-16-10-17-25-40)41-26-18-11-19-27-41/h8-27,30-32,34,36,38H,28-29,33H2,1-7H3/t34-,36-/m0/s1. The first-order valence-corrected chi connectivity index (χ1v) is 21.8. The molecule has 8 aromatic rings. The Hall–Kier alpha value is -6.58. The lowest BCUT2D eigenvalue weighted by Gasteiger charge is -2.36. The highest BCUT2D eigenvalue weighted by atomic mass is 19.1. The number of hydrogen-bond acceptors (Lipinski definition) is 7. The molecule has 2 heterocycles.